The van der Waals surface area contributed by atoms with Crippen molar-refractivity contribution in [1.29, 1.82) is 0 Å². The molecule has 5 rings (SSSR count). The maximum atomic E-state index is 13.7. The summed E-state index contributed by atoms with van der Waals surface area (Å²) in [7, 11) is 0. The molecule has 3 aromatic carbocycles. The molecule has 1 fully saturated rings. The molecule has 10 heteroatoms. The summed E-state index contributed by atoms with van der Waals surface area (Å²) in [5.41, 5.74) is 1.55. The van der Waals surface area contributed by atoms with Gasteiger partial charge in [0.2, 0.25) is 0 Å². The van der Waals surface area contributed by atoms with Crippen molar-refractivity contribution in [3.63, 3.8) is 0 Å². The van der Waals surface area contributed by atoms with Gasteiger partial charge in [-0.15, -0.1) is 0 Å². The summed E-state index contributed by atoms with van der Waals surface area (Å²) < 4.78 is 86.2. The Morgan fingerprint density at radius 1 is 0.854 bits per heavy atom. The van der Waals surface area contributed by atoms with E-state index in [1.54, 1.807) is 18.2 Å². The molecule has 1 saturated heterocycles. The Labute approximate surface area is 234 Å². The fraction of sp³-hybridized carbons (Fsp3) is 0.323. The van der Waals surface area contributed by atoms with Crippen LogP contribution in [-0.2, 0) is 12.4 Å². The number of likely N-dealkylation sites (tertiary alicyclic amines) is 1. The SMILES string of the molecule is Cc1cc(Nc2cc(OCCN3CCC(c4cccc(C(F)(F)F)c4)CC3)cc(C(F)(F)F)c2)c2ccccc2n1. The molecule has 0 radical (unpaired) electrons. The van der Waals surface area contributed by atoms with Gasteiger partial charge in [0.05, 0.1) is 16.6 Å². The smallest absolute Gasteiger partial charge is 0.416 e. The first-order chi connectivity index (χ1) is 19.5. The monoisotopic (exact) mass is 573 g/mol. The summed E-state index contributed by atoms with van der Waals surface area (Å²) in [5, 5.41) is 3.90. The van der Waals surface area contributed by atoms with E-state index in [1.807, 2.05) is 31.2 Å². The average Bonchev–Trinajstić information content (AvgIpc) is 2.92. The lowest BCUT2D eigenvalue weighted by Crippen LogP contribution is -2.35. The third-order valence-corrected chi connectivity index (χ3v) is 7.31. The number of aromatic nitrogens is 1. The molecule has 4 aromatic rings. The molecule has 0 spiro atoms. The van der Waals surface area contributed by atoms with E-state index in [2.05, 4.69) is 15.2 Å². The lowest BCUT2D eigenvalue weighted by molar-refractivity contribution is -0.138. The fourth-order valence-electron chi connectivity index (χ4n) is 5.24. The van der Waals surface area contributed by atoms with Gasteiger partial charge in [-0.1, -0.05) is 36.4 Å². The fourth-order valence-corrected chi connectivity index (χ4v) is 5.24. The van der Waals surface area contributed by atoms with Crippen LogP contribution in [-0.4, -0.2) is 36.1 Å². The minimum absolute atomic E-state index is 0.0273. The predicted octanol–water partition coefficient (Wildman–Crippen LogP) is 8.58. The van der Waals surface area contributed by atoms with Crippen LogP contribution in [0, 0.1) is 6.92 Å². The number of aryl methyl sites for hydroxylation is 1. The molecule has 0 unspecified atom stereocenters. The summed E-state index contributed by atoms with van der Waals surface area (Å²) in [5.74, 6) is 0.121. The molecule has 0 atom stereocenters. The van der Waals surface area contributed by atoms with Crippen molar-refractivity contribution in [2.75, 3.05) is 31.6 Å². The quantitative estimate of drug-likeness (QED) is 0.225. The molecule has 4 nitrogen and oxygen atoms in total. The normalized spacial score (nSPS) is 15.3. The number of nitrogens with zero attached hydrogens (tertiary/aromatic N) is 2. The zero-order valence-corrected chi connectivity index (χ0v) is 22.3. The zero-order chi connectivity index (χ0) is 29.2. The number of piperidine rings is 1. The summed E-state index contributed by atoms with van der Waals surface area (Å²) in [6, 6.07) is 18.2. The van der Waals surface area contributed by atoms with E-state index in [0.29, 0.717) is 43.7 Å². The van der Waals surface area contributed by atoms with Gasteiger partial charge in [-0.05, 0) is 74.7 Å². The van der Waals surface area contributed by atoms with Crippen LogP contribution in [0.1, 0.15) is 41.1 Å². The van der Waals surface area contributed by atoms with E-state index in [-0.39, 0.29) is 24.0 Å². The topological polar surface area (TPSA) is 37.4 Å². The molecule has 0 saturated carbocycles. The summed E-state index contributed by atoms with van der Waals surface area (Å²) in [6.45, 7) is 3.80. The number of halogens is 6. The Kier molecular flexibility index (Phi) is 8.13. The second kappa shape index (κ2) is 11.6. The van der Waals surface area contributed by atoms with Crippen LogP contribution < -0.4 is 10.1 Å². The van der Waals surface area contributed by atoms with Crippen LogP contribution in [0.4, 0.5) is 37.7 Å². The third-order valence-electron chi connectivity index (χ3n) is 7.31. The van der Waals surface area contributed by atoms with Crippen molar-refractivity contribution in [3.05, 3.63) is 95.2 Å². The van der Waals surface area contributed by atoms with Gasteiger partial charge in [-0.25, -0.2) is 0 Å². The van der Waals surface area contributed by atoms with E-state index < -0.39 is 23.5 Å². The number of para-hydroxylation sites is 1. The van der Waals surface area contributed by atoms with Gasteiger partial charge in [-0.3, -0.25) is 9.88 Å². The molecule has 0 aliphatic carbocycles. The standard InChI is InChI=1S/C31H29F6N3O/c1-20-15-29(27-7-2-3-8-28(27)38-20)39-25-17-24(31(35,36)37)18-26(19-25)41-14-13-40-11-9-21(10-12-40)22-5-4-6-23(16-22)30(32,33)34/h2-8,15-19,21H,9-14H2,1H3,(H,38,39). The molecule has 0 amide bonds. The first kappa shape index (κ1) is 28.7. The molecular weight excluding hydrogens is 544 g/mol. The molecular formula is C31H29F6N3O. The maximum Gasteiger partial charge on any atom is 0.416 e. The van der Waals surface area contributed by atoms with Crippen molar-refractivity contribution in [2.24, 2.45) is 0 Å². The van der Waals surface area contributed by atoms with Gasteiger partial charge in [0, 0.05) is 35.1 Å². The van der Waals surface area contributed by atoms with Crippen molar-refractivity contribution in [1.82, 2.24) is 9.88 Å². The number of hydrogen-bond donors (Lipinski definition) is 1. The highest BCUT2D eigenvalue weighted by atomic mass is 19.4. The van der Waals surface area contributed by atoms with Crippen molar-refractivity contribution >= 4 is 22.3 Å². The molecule has 0 bridgehead atoms. The number of anilines is 2. The van der Waals surface area contributed by atoms with E-state index in [9.17, 15) is 26.3 Å². The van der Waals surface area contributed by atoms with Gasteiger partial charge >= 0.3 is 12.4 Å². The molecule has 216 valence electrons. The highest BCUT2D eigenvalue weighted by molar-refractivity contribution is 5.93. The third kappa shape index (κ3) is 7.11. The number of alkyl halides is 6. The Morgan fingerprint density at radius 3 is 2.32 bits per heavy atom. The first-order valence-electron chi connectivity index (χ1n) is 13.3. The highest BCUT2D eigenvalue weighted by Crippen LogP contribution is 2.37. The second-order valence-electron chi connectivity index (χ2n) is 10.3. The van der Waals surface area contributed by atoms with Crippen LogP contribution in [0.2, 0.25) is 0 Å². The van der Waals surface area contributed by atoms with Crippen molar-refractivity contribution < 1.29 is 31.1 Å². The van der Waals surface area contributed by atoms with Crippen LogP contribution in [0.25, 0.3) is 10.9 Å². The van der Waals surface area contributed by atoms with Gasteiger partial charge in [0.15, 0.2) is 0 Å². The number of nitrogens with one attached hydrogen (secondary N) is 1. The summed E-state index contributed by atoms with van der Waals surface area (Å²) in [6.07, 6.45) is -7.55. The number of pyridine rings is 1. The van der Waals surface area contributed by atoms with E-state index >= 15 is 0 Å². The zero-order valence-electron chi connectivity index (χ0n) is 22.3. The predicted molar refractivity (Wildman–Crippen MR) is 147 cm³/mol. The van der Waals surface area contributed by atoms with E-state index in [0.717, 1.165) is 34.8 Å². The minimum Gasteiger partial charge on any atom is -0.492 e. The van der Waals surface area contributed by atoms with Crippen LogP contribution in [0.15, 0.2) is 72.8 Å². The lowest BCUT2D eigenvalue weighted by atomic mass is 9.88. The number of benzene rings is 3. The molecule has 1 aliphatic rings. The van der Waals surface area contributed by atoms with Crippen LogP contribution >= 0.6 is 0 Å². The summed E-state index contributed by atoms with van der Waals surface area (Å²) >= 11 is 0. The van der Waals surface area contributed by atoms with Crippen molar-refractivity contribution in [3.8, 4) is 5.75 Å². The Hall–Kier alpha value is -3.79. The first-order valence-corrected chi connectivity index (χ1v) is 13.3. The minimum atomic E-state index is -4.56. The molecule has 2 heterocycles. The second-order valence-corrected chi connectivity index (χ2v) is 10.3. The Balaban J connectivity index is 1.23. The number of fused-ring (bicyclic) bond motifs is 1. The largest absolute Gasteiger partial charge is 0.492 e. The number of hydrogen-bond acceptors (Lipinski definition) is 4. The van der Waals surface area contributed by atoms with Crippen LogP contribution in [0.3, 0.4) is 0 Å². The molecule has 1 aliphatic heterocycles. The van der Waals surface area contributed by atoms with E-state index in [1.165, 1.54) is 12.1 Å². The maximum absolute atomic E-state index is 13.7. The molecule has 41 heavy (non-hydrogen) atoms. The van der Waals surface area contributed by atoms with Gasteiger partial charge < -0.3 is 10.1 Å². The van der Waals surface area contributed by atoms with Gasteiger partial charge in [-0.2, -0.15) is 26.3 Å². The Bertz CT molecular complexity index is 1510. The van der Waals surface area contributed by atoms with E-state index in [4.69, 9.17) is 4.74 Å². The highest BCUT2D eigenvalue weighted by Gasteiger charge is 2.32. The average molecular weight is 574 g/mol. The van der Waals surface area contributed by atoms with Gasteiger partial charge in [0.1, 0.15) is 12.4 Å². The number of ether oxygens (including phenoxy) is 1. The number of rotatable bonds is 7. The van der Waals surface area contributed by atoms with Crippen LogP contribution in [0.5, 0.6) is 5.75 Å². The summed E-state index contributed by atoms with van der Waals surface area (Å²) in [4.78, 5) is 6.59. The van der Waals surface area contributed by atoms with Gasteiger partial charge in [0.25, 0.3) is 0 Å². The lowest BCUT2D eigenvalue weighted by Gasteiger charge is -2.32. The molecule has 1 aromatic heterocycles. The van der Waals surface area contributed by atoms with Crippen molar-refractivity contribution in [2.45, 2.75) is 38.0 Å². The Morgan fingerprint density at radius 2 is 1.59 bits per heavy atom. The molecule has 1 N–H and O–H groups in total.